The first-order valence-corrected chi connectivity index (χ1v) is 70.3. The van der Waals surface area contributed by atoms with Gasteiger partial charge in [-0.1, -0.05) is 48.5 Å². The van der Waals surface area contributed by atoms with E-state index >= 15 is 0 Å². The van der Waals surface area contributed by atoms with E-state index < -0.39 is 53.1 Å². The third kappa shape index (κ3) is 34.2. The zero-order valence-corrected chi connectivity index (χ0v) is 101. The van der Waals surface area contributed by atoms with E-state index in [9.17, 15) is 0 Å². The van der Waals surface area contributed by atoms with E-state index in [2.05, 4.69) is 320 Å². The minimum atomic E-state index is -1.92. The van der Waals surface area contributed by atoms with Crippen LogP contribution in [-0.4, -0.2) is 92.9 Å². The van der Waals surface area contributed by atoms with E-state index in [4.69, 9.17) is 9.97 Å². The molecule has 0 unspecified atom stereocenters. The molecule has 4 radical (unpaired) electrons. The van der Waals surface area contributed by atoms with Gasteiger partial charge in [-0.05, 0) is 47.0 Å². The molecule has 8 aromatic heterocycles. The molecule has 724 valence electrons. The maximum atomic E-state index is 4.81. The molecule has 0 atom stereocenters. The van der Waals surface area contributed by atoms with Crippen molar-refractivity contribution in [2.75, 3.05) is 0 Å². The van der Waals surface area contributed by atoms with Crippen LogP contribution < -0.4 is 17.6 Å². The minimum Gasteiger partial charge on any atom is -0.305 e. The van der Waals surface area contributed by atoms with Gasteiger partial charge in [-0.3, -0.25) is 0 Å². The number of benzene rings is 10. The second kappa shape index (κ2) is 63.9. The predicted molar refractivity (Wildman–Crippen MR) is 586 cm³/mol. The Morgan fingerprint density at radius 1 is 0.171 bits per heavy atom. The summed E-state index contributed by atoms with van der Waals surface area (Å²) >= 11 is -7.53. The van der Waals surface area contributed by atoms with Gasteiger partial charge in [0.05, 0.1) is 0 Å². The first-order chi connectivity index (χ1) is 66.8. The molecular weight excluding hydrogens is 2660 g/mol. The Hall–Kier alpha value is -9.83. The number of pyridine rings is 8. The second-order valence-electron chi connectivity index (χ2n) is 33.3. The fourth-order valence-corrected chi connectivity index (χ4v) is 46.8. The van der Waals surface area contributed by atoms with Crippen molar-refractivity contribution in [3.63, 3.8) is 0 Å². The molecule has 0 aliphatic heterocycles. The fraction of sp³-hybridized carbons (Fsp3) is 0.194. The quantitative estimate of drug-likeness (QED) is 0.0390. The summed E-state index contributed by atoms with van der Waals surface area (Å²) in [5.41, 5.74) is 21.3. The average molecular weight is 2790 g/mol. The van der Waals surface area contributed by atoms with Gasteiger partial charge in [-0.15, -0.1) is 144 Å². The van der Waals surface area contributed by atoms with E-state index in [1.54, 1.807) is 33.6 Å². The second-order valence-corrected chi connectivity index (χ2v) is 77.5. The largest absolute Gasteiger partial charge is 0.305 e. The van der Waals surface area contributed by atoms with Gasteiger partial charge in [0.1, 0.15) is 0 Å². The maximum absolute atomic E-state index is 4.81. The van der Waals surface area contributed by atoms with Crippen LogP contribution in [0.2, 0.25) is 63.0 Å². The van der Waals surface area contributed by atoms with Crippen LogP contribution in [0.3, 0.4) is 0 Å². The van der Waals surface area contributed by atoms with Crippen molar-refractivity contribution in [1.29, 1.82) is 0 Å². The van der Waals surface area contributed by atoms with Crippen LogP contribution in [0.1, 0.15) is 83.1 Å². The number of aromatic nitrogens is 8. The maximum Gasteiger partial charge on any atom is 0.0160 e. The Labute approximate surface area is 901 Å². The van der Waals surface area contributed by atoms with Crippen molar-refractivity contribution in [3.05, 3.63) is 462 Å². The summed E-state index contributed by atoms with van der Waals surface area (Å²) in [5, 5.41) is 16.2. The molecule has 8 heterocycles. The Kier molecular flexibility index (Phi) is 53.5. The number of rotatable bonds is 26. The molecular formula is C124H128Ge4Ir4N8-8. The van der Waals surface area contributed by atoms with Crippen LogP contribution in [0.15, 0.2) is 414 Å². The molecule has 0 aliphatic carbocycles. The van der Waals surface area contributed by atoms with Gasteiger partial charge in [0.25, 0.3) is 0 Å². The zero-order valence-electron chi connectivity index (χ0n) is 82.7. The molecule has 10 aromatic carbocycles. The molecule has 0 saturated carbocycles. The standard InChI is InChI=1S/2C23H26GeN.2C17H22GeN.4C11H8N.4Ir/c1-4-24(5-2,6-3)22-15-16-23(25-18-22)21-14-10-13-20(17-21)19-11-8-7-9-12-19;1-4-24(5-2,6-3)22-16-17-23(25-18-22)21-14-12-20(13-15-21)19-10-8-7-9-11-19;1-4-18(5-2,6-3)16-12-13-19-17(14-16)15-10-8-7-9-11-15;1-4-18(5-2,6-3)16-12-13-17(19-14-16)15-10-8-7-9-11-15;4*1-2-6-10(7-3-1)11-8-4-5-9-12-11;;;;/h7-13,15-18H,4-6H2,1-3H3;7-14,16-18H,4-6H2,1-3H3;2*7-10,12-14H,4-6H2,1-3H3;4*1-6,8-9H;;;;/q8*-1;;;;. The third-order valence-corrected chi connectivity index (χ3v) is 73.4. The van der Waals surface area contributed by atoms with Crippen LogP contribution in [-0.2, 0) is 80.4 Å². The molecule has 0 amide bonds. The number of hydrogen-bond acceptors (Lipinski definition) is 8. The summed E-state index contributed by atoms with van der Waals surface area (Å²) in [6, 6.07) is 148. The molecule has 0 bridgehead atoms. The van der Waals surface area contributed by atoms with Crippen molar-refractivity contribution < 1.29 is 80.4 Å². The smallest absolute Gasteiger partial charge is 0.0160 e. The Morgan fingerprint density at radius 3 is 0.693 bits per heavy atom. The summed E-state index contributed by atoms with van der Waals surface area (Å²) in [5.74, 6) is 0. The molecule has 140 heavy (non-hydrogen) atoms. The fourth-order valence-electron chi connectivity index (χ4n) is 17.2. The van der Waals surface area contributed by atoms with E-state index in [-0.39, 0.29) is 80.4 Å². The van der Waals surface area contributed by atoms with Crippen molar-refractivity contribution in [1.82, 2.24) is 39.9 Å². The first-order valence-electron chi connectivity index (χ1n) is 48.3. The van der Waals surface area contributed by atoms with E-state index in [1.165, 1.54) is 94.1 Å². The van der Waals surface area contributed by atoms with Crippen LogP contribution in [0.5, 0.6) is 0 Å². The molecule has 18 rings (SSSR count). The Balaban J connectivity index is 0.000000220. The minimum absolute atomic E-state index is 0. The molecule has 0 N–H and O–H groups in total. The van der Waals surface area contributed by atoms with E-state index in [1.807, 2.05) is 231 Å². The topological polar surface area (TPSA) is 103 Å². The predicted octanol–water partition coefficient (Wildman–Crippen LogP) is 30.6. The van der Waals surface area contributed by atoms with E-state index in [0.717, 1.165) is 90.1 Å². The zero-order chi connectivity index (χ0) is 95.7. The molecule has 0 aliphatic rings. The van der Waals surface area contributed by atoms with Crippen LogP contribution in [0, 0.1) is 48.5 Å². The first kappa shape index (κ1) is 117. The normalized spacial score (nSPS) is 10.5. The summed E-state index contributed by atoms with van der Waals surface area (Å²) < 4.78 is 6.22. The Morgan fingerprint density at radius 2 is 0.429 bits per heavy atom. The van der Waals surface area contributed by atoms with Gasteiger partial charge in [-0.25, -0.2) is 0 Å². The molecule has 0 fully saturated rings. The molecule has 0 saturated heterocycles. The SMILES string of the molecule is C[CH2][Ge]([CH2]C)([CH2]C)[c]1ccc(-c2[c-]cc(-c3ccccc3)cc2)nc1.C[CH2][Ge]([CH2]C)([CH2]C)[c]1ccc(-c2[c-]ccc(-c3ccccc3)c2)nc1.C[CH2][Ge]([CH2]C)([CH2]C)[c]1ccc(-c2[c-]cccc2)nc1.C[CH2][Ge]([CH2]C)([CH2]C)[c]1ccnc(-c2[c-]cccc2)c1.[Ir].[Ir].[Ir].[Ir].[c-]1ccccc1-c1ccccn1.[c-]1ccccc1-c1ccccn1.[c-]1ccccc1-c1ccccn1.[c-]1ccccc1-c1ccccn1. The summed E-state index contributed by atoms with van der Waals surface area (Å²) in [7, 11) is 0. The average Bonchev–Trinajstić information content (AvgIpc) is 0.809. The molecule has 8 nitrogen and oxygen atoms in total. The third-order valence-electron chi connectivity index (χ3n) is 26.6. The van der Waals surface area contributed by atoms with Crippen molar-refractivity contribution in [3.8, 4) is 112 Å². The molecule has 0 spiro atoms. The summed E-state index contributed by atoms with van der Waals surface area (Å²) in [6.07, 6.45) is 15.6. The van der Waals surface area contributed by atoms with Crippen molar-refractivity contribution in [2.24, 2.45) is 0 Å². The Bertz CT molecular complexity index is 5820. The van der Waals surface area contributed by atoms with Gasteiger partial charge in [-0.2, -0.15) is 0 Å². The van der Waals surface area contributed by atoms with Gasteiger partial charge < -0.3 is 19.9 Å². The summed E-state index contributed by atoms with van der Waals surface area (Å²) in [4.78, 5) is 35.7. The molecule has 16 heteroatoms. The van der Waals surface area contributed by atoms with Crippen molar-refractivity contribution >= 4 is 70.6 Å². The van der Waals surface area contributed by atoms with Crippen LogP contribution in [0.25, 0.3) is 112 Å². The number of nitrogens with zero attached hydrogens (tertiary/aromatic N) is 8. The molecule has 18 aromatic rings. The van der Waals surface area contributed by atoms with Gasteiger partial charge in [0.2, 0.25) is 0 Å². The van der Waals surface area contributed by atoms with Gasteiger partial charge in [0, 0.05) is 105 Å². The van der Waals surface area contributed by atoms with Crippen molar-refractivity contribution in [2.45, 2.75) is 146 Å². The number of hydrogen-bond donors (Lipinski definition) is 0. The van der Waals surface area contributed by atoms with Gasteiger partial charge in [0.15, 0.2) is 0 Å². The van der Waals surface area contributed by atoms with Crippen LogP contribution >= 0.6 is 0 Å². The monoisotopic (exact) mass is 2800 g/mol. The van der Waals surface area contributed by atoms with Crippen LogP contribution in [0.4, 0.5) is 0 Å². The van der Waals surface area contributed by atoms with E-state index in [0.29, 0.717) is 0 Å². The summed E-state index contributed by atoms with van der Waals surface area (Å²) in [6.45, 7) is 28.3. The van der Waals surface area contributed by atoms with Gasteiger partial charge >= 0.3 is 547 Å².